The number of carbonyl (C=O) groups excluding carboxylic acids is 1. The second kappa shape index (κ2) is 9.67. The lowest BCUT2D eigenvalue weighted by Crippen LogP contribution is -2.54. The molecule has 0 radical (unpaired) electrons. The van der Waals surface area contributed by atoms with Gasteiger partial charge in [-0.25, -0.2) is 13.9 Å². The standard InChI is InChI=1S/C32H27Cl2FN4O4/c33-18-9-11-21-24(13-18)36-31(42)32(21)26(20-6-3-7-22(34)27(20)35)28-25(38(32)14-16-4-1-2-5-16)15-43-29-19-10-8-17(30(40)41)12-23(19)37-39(28)29/h3,6-13,16,25-26,28H,1-2,4-5,14-15H2,(H,36,42)(H,40,41)/t25-,26-,28+,32+/m0/s1. The Morgan fingerprint density at radius 1 is 1.14 bits per heavy atom. The Hall–Kier alpha value is -3.66. The van der Waals surface area contributed by atoms with Gasteiger partial charge in [0.05, 0.1) is 33.6 Å². The SMILES string of the molecule is O=C(O)c1ccc2c3n(nc2c1)[C@@H]1[C@H](CO3)N(CC2CCCC2)[C@@]2(C(=O)Nc3cc(Cl)ccc32)[C@H]1c1cccc(Cl)c1F. The summed E-state index contributed by atoms with van der Waals surface area (Å²) in [5, 5.41) is 18.7. The zero-order valence-corrected chi connectivity index (χ0v) is 24.4. The molecule has 3 aliphatic heterocycles. The minimum Gasteiger partial charge on any atom is -0.478 e. The van der Waals surface area contributed by atoms with Crippen LogP contribution in [0.2, 0.25) is 10.0 Å². The Bertz CT molecular complexity index is 1840. The van der Waals surface area contributed by atoms with Gasteiger partial charge in [-0.3, -0.25) is 9.69 Å². The molecule has 0 bridgehead atoms. The third-order valence-electron chi connectivity index (χ3n) is 9.84. The van der Waals surface area contributed by atoms with Crippen molar-refractivity contribution >= 4 is 51.7 Å². The fraction of sp³-hybridized carbons (Fsp3) is 0.344. The number of aromatic carboxylic acids is 1. The molecule has 43 heavy (non-hydrogen) atoms. The lowest BCUT2D eigenvalue weighted by molar-refractivity contribution is -0.128. The maximum atomic E-state index is 16.2. The molecule has 1 amide bonds. The molecule has 220 valence electrons. The molecule has 4 atom stereocenters. The molecule has 2 N–H and O–H groups in total. The monoisotopic (exact) mass is 620 g/mol. The molecule has 2 fully saturated rings. The van der Waals surface area contributed by atoms with Crippen molar-refractivity contribution < 1.29 is 23.8 Å². The molecule has 1 saturated heterocycles. The summed E-state index contributed by atoms with van der Waals surface area (Å²) in [6, 6.07) is 14.1. The molecular formula is C32H27Cl2FN4O4. The molecule has 0 unspecified atom stereocenters. The van der Waals surface area contributed by atoms with Gasteiger partial charge < -0.3 is 15.2 Å². The molecule has 8 nitrogen and oxygen atoms in total. The highest BCUT2D eigenvalue weighted by Crippen LogP contribution is 2.63. The molecule has 4 aromatic rings. The Balaban J connectivity index is 1.42. The lowest BCUT2D eigenvalue weighted by Gasteiger charge is -2.40. The summed E-state index contributed by atoms with van der Waals surface area (Å²) in [6.45, 7) is 0.869. The second-order valence-electron chi connectivity index (χ2n) is 12.0. The average Bonchev–Trinajstić information content (AvgIpc) is 3.75. The zero-order chi connectivity index (χ0) is 29.6. The maximum Gasteiger partial charge on any atom is 0.335 e. The Labute approximate surface area is 256 Å². The summed E-state index contributed by atoms with van der Waals surface area (Å²) < 4.78 is 24.4. The smallest absolute Gasteiger partial charge is 0.335 e. The number of hydrogen-bond donors (Lipinski definition) is 2. The lowest BCUT2D eigenvalue weighted by atomic mass is 9.73. The van der Waals surface area contributed by atoms with E-state index in [0.717, 1.165) is 31.2 Å². The third-order valence-corrected chi connectivity index (χ3v) is 10.4. The number of carboxylic acids is 1. The number of hydrogen-bond acceptors (Lipinski definition) is 5. The van der Waals surface area contributed by atoms with Gasteiger partial charge in [0, 0.05) is 28.7 Å². The first-order valence-corrected chi connectivity index (χ1v) is 15.2. The number of anilines is 1. The van der Waals surface area contributed by atoms with E-state index in [4.69, 9.17) is 33.0 Å². The summed E-state index contributed by atoms with van der Waals surface area (Å²) in [4.78, 5) is 28.6. The van der Waals surface area contributed by atoms with Crippen LogP contribution in [-0.2, 0) is 10.3 Å². The van der Waals surface area contributed by atoms with Gasteiger partial charge in [-0.1, -0.05) is 54.2 Å². The average molecular weight is 621 g/mol. The van der Waals surface area contributed by atoms with E-state index in [2.05, 4.69) is 10.2 Å². The van der Waals surface area contributed by atoms with Crippen molar-refractivity contribution in [1.29, 1.82) is 0 Å². The second-order valence-corrected chi connectivity index (χ2v) is 12.8. The molecule has 8 rings (SSSR count). The van der Waals surface area contributed by atoms with E-state index in [1.165, 1.54) is 18.2 Å². The van der Waals surface area contributed by atoms with Crippen molar-refractivity contribution in [3.05, 3.63) is 87.2 Å². The number of amides is 1. The first-order chi connectivity index (χ1) is 20.8. The molecule has 1 saturated carbocycles. The van der Waals surface area contributed by atoms with E-state index in [9.17, 15) is 14.7 Å². The third kappa shape index (κ3) is 3.74. The zero-order valence-electron chi connectivity index (χ0n) is 22.9. The van der Waals surface area contributed by atoms with E-state index in [1.807, 2.05) is 6.07 Å². The van der Waals surface area contributed by atoms with Gasteiger partial charge >= 0.3 is 5.97 Å². The van der Waals surface area contributed by atoms with Crippen molar-refractivity contribution in [1.82, 2.24) is 14.7 Å². The van der Waals surface area contributed by atoms with Crippen LogP contribution in [0.4, 0.5) is 10.1 Å². The van der Waals surface area contributed by atoms with Crippen molar-refractivity contribution in [2.75, 3.05) is 18.5 Å². The number of halogens is 3. The van der Waals surface area contributed by atoms with Crippen LogP contribution in [-0.4, -0.2) is 50.9 Å². The van der Waals surface area contributed by atoms with Gasteiger partial charge in [0.15, 0.2) is 0 Å². The quantitative estimate of drug-likeness (QED) is 0.266. The highest BCUT2D eigenvalue weighted by molar-refractivity contribution is 6.31. The number of carbonyl (C=O) groups is 2. The van der Waals surface area contributed by atoms with E-state index >= 15 is 4.39 Å². The Kier molecular flexibility index (Phi) is 6.06. The summed E-state index contributed by atoms with van der Waals surface area (Å²) >= 11 is 12.8. The predicted molar refractivity (Wildman–Crippen MR) is 160 cm³/mol. The topological polar surface area (TPSA) is 96.7 Å². The summed E-state index contributed by atoms with van der Waals surface area (Å²) in [5.41, 5.74) is 0.880. The van der Waals surface area contributed by atoms with Crippen LogP contribution in [0.25, 0.3) is 10.9 Å². The van der Waals surface area contributed by atoms with E-state index < -0.39 is 29.3 Å². The van der Waals surface area contributed by atoms with Crippen LogP contribution < -0.4 is 10.1 Å². The summed E-state index contributed by atoms with van der Waals surface area (Å²) in [5.74, 6) is -1.83. The molecule has 4 aliphatic rings. The van der Waals surface area contributed by atoms with Crippen LogP contribution in [0.15, 0.2) is 54.6 Å². The molecular weight excluding hydrogens is 594 g/mol. The molecule has 4 heterocycles. The number of nitrogens with zero attached hydrogens (tertiary/aromatic N) is 3. The fourth-order valence-corrected chi connectivity index (χ4v) is 8.47. The predicted octanol–water partition coefficient (Wildman–Crippen LogP) is 6.62. The minimum absolute atomic E-state index is 0.0304. The number of likely N-dealkylation sites (tertiary alicyclic amines) is 1. The Morgan fingerprint density at radius 2 is 1.95 bits per heavy atom. The number of aromatic nitrogens is 2. The van der Waals surface area contributed by atoms with Gasteiger partial charge in [0.25, 0.3) is 0 Å². The molecule has 3 aromatic carbocycles. The summed E-state index contributed by atoms with van der Waals surface area (Å²) in [7, 11) is 0. The highest BCUT2D eigenvalue weighted by atomic mass is 35.5. The highest BCUT2D eigenvalue weighted by Gasteiger charge is 2.69. The van der Waals surface area contributed by atoms with Crippen molar-refractivity contribution in [2.24, 2.45) is 5.92 Å². The van der Waals surface area contributed by atoms with Gasteiger partial charge in [-0.2, -0.15) is 5.10 Å². The number of carboxylic acid groups (broad SMARTS) is 1. The van der Waals surface area contributed by atoms with Gasteiger partial charge in [-0.15, -0.1) is 0 Å². The van der Waals surface area contributed by atoms with E-state index in [1.54, 1.807) is 35.0 Å². The molecule has 1 aromatic heterocycles. The van der Waals surface area contributed by atoms with Crippen molar-refractivity contribution in [3.8, 4) is 5.88 Å². The first-order valence-electron chi connectivity index (χ1n) is 14.5. The molecule has 1 aliphatic carbocycles. The number of ether oxygens (including phenoxy) is 1. The number of fused-ring (bicyclic) bond motifs is 7. The minimum atomic E-state index is -1.31. The van der Waals surface area contributed by atoms with Crippen LogP contribution in [0.5, 0.6) is 5.88 Å². The molecule has 11 heteroatoms. The van der Waals surface area contributed by atoms with Gasteiger partial charge in [0.1, 0.15) is 18.0 Å². The van der Waals surface area contributed by atoms with Crippen LogP contribution in [0, 0.1) is 11.7 Å². The van der Waals surface area contributed by atoms with Crippen LogP contribution >= 0.6 is 23.2 Å². The fourth-order valence-electron chi connectivity index (χ4n) is 8.12. The van der Waals surface area contributed by atoms with E-state index in [0.29, 0.717) is 45.5 Å². The van der Waals surface area contributed by atoms with E-state index in [-0.39, 0.29) is 29.1 Å². The number of benzene rings is 3. The number of rotatable bonds is 4. The normalized spacial score (nSPS) is 26.4. The van der Waals surface area contributed by atoms with Crippen molar-refractivity contribution in [2.45, 2.75) is 49.2 Å². The van der Waals surface area contributed by atoms with Crippen LogP contribution in [0.3, 0.4) is 0 Å². The largest absolute Gasteiger partial charge is 0.478 e. The number of nitrogens with one attached hydrogen (secondary N) is 1. The van der Waals surface area contributed by atoms with Gasteiger partial charge in [-0.05, 0) is 60.7 Å². The Morgan fingerprint density at radius 3 is 2.74 bits per heavy atom. The van der Waals surface area contributed by atoms with Gasteiger partial charge in [0.2, 0.25) is 11.8 Å². The molecule has 1 spiro atoms. The summed E-state index contributed by atoms with van der Waals surface area (Å²) in [6.07, 6.45) is 4.35. The van der Waals surface area contributed by atoms with Crippen molar-refractivity contribution in [3.63, 3.8) is 0 Å². The maximum absolute atomic E-state index is 16.2. The van der Waals surface area contributed by atoms with Crippen LogP contribution in [0.1, 0.15) is 59.1 Å². The first kappa shape index (κ1) is 26.9.